The normalized spacial score (nSPS) is 18.6. The SMILES string of the molecule is CCc1nn2c(/C=N/N=C3/NC(=O)C(CC)S3)c(-c3ccc(Br)cc3)nc2s1. The van der Waals surface area contributed by atoms with Gasteiger partial charge in [-0.05, 0) is 25.0 Å². The lowest BCUT2D eigenvalue weighted by Gasteiger charge is -1.99. The third kappa shape index (κ3) is 3.76. The number of nitrogens with one attached hydrogen (secondary N) is 1. The van der Waals surface area contributed by atoms with Gasteiger partial charge in [0.05, 0.1) is 11.5 Å². The summed E-state index contributed by atoms with van der Waals surface area (Å²) in [7, 11) is 0. The minimum Gasteiger partial charge on any atom is -0.303 e. The summed E-state index contributed by atoms with van der Waals surface area (Å²) in [5.41, 5.74) is 2.54. The van der Waals surface area contributed by atoms with Crippen LogP contribution >= 0.6 is 39.0 Å². The van der Waals surface area contributed by atoms with Gasteiger partial charge < -0.3 is 5.32 Å². The van der Waals surface area contributed by atoms with E-state index in [1.165, 1.54) is 11.8 Å². The van der Waals surface area contributed by atoms with Crippen LogP contribution in [0.15, 0.2) is 38.9 Å². The lowest BCUT2D eigenvalue weighted by atomic mass is 10.1. The van der Waals surface area contributed by atoms with Crippen LogP contribution in [0.1, 0.15) is 31.0 Å². The van der Waals surface area contributed by atoms with Crippen LogP contribution in [0.25, 0.3) is 16.2 Å². The number of fused-ring (bicyclic) bond motifs is 1. The van der Waals surface area contributed by atoms with Crippen molar-refractivity contribution in [2.45, 2.75) is 31.9 Å². The molecule has 0 aliphatic carbocycles. The number of hydrogen-bond acceptors (Lipinski definition) is 7. The Labute approximate surface area is 178 Å². The molecule has 0 spiro atoms. The van der Waals surface area contributed by atoms with E-state index in [0.717, 1.165) is 44.2 Å². The first-order valence-corrected chi connectivity index (χ1v) is 11.3. The molecule has 2 aromatic heterocycles. The highest BCUT2D eigenvalue weighted by molar-refractivity contribution is 9.10. The highest BCUT2D eigenvalue weighted by Crippen LogP contribution is 2.27. The minimum absolute atomic E-state index is 0.0177. The fourth-order valence-corrected chi connectivity index (χ4v) is 4.70. The molecule has 1 aromatic carbocycles. The second-order valence-electron chi connectivity index (χ2n) is 6.05. The van der Waals surface area contributed by atoms with Gasteiger partial charge >= 0.3 is 0 Å². The van der Waals surface area contributed by atoms with Gasteiger partial charge in [-0.3, -0.25) is 4.79 Å². The van der Waals surface area contributed by atoms with Crippen LogP contribution in [0, 0.1) is 0 Å². The zero-order chi connectivity index (χ0) is 19.7. The van der Waals surface area contributed by atoms with Crippen molar-refractivity contribution >= 4 is 61.3 Å². The van der Waals surface area contributed by atoms with Gasteiger partial charge in [-0.15, -0.1) is 5.10 Å². The standard InChI is InChI=1S/C18H17BrN6OS2/c1-3-13-16(26)22-17(27-13)23-20-9-12-15(10-5-7-11(19)8-6-10)21-18-25(12)24-14(4-2)28-18/h5-9,13H,3-4H2,1-2H3,(H,22,23,26)/b20-9+. The number of imidazole rings is 1. The molecule has 1 amide bonds. The number of carbonyl (C=O) groups excluding carboxylic acids is 1. The molecule has 1 aliphatic heterocycles. The van der Waals surface area contributed by atoms with E-state index in [9.17, 15) is 4.79 Å². The first kappa shape index (κ1) is 19.3. The van der Waals surface area contributed by atoms with Gasteiger partial charge in [0.25, 0.3) is 0 Å². The zero-order valence-corrected chi connectivity index (χ0v) is 18.4. The molecule has 1 unspecified atom stereocenters. The number of amidine groups is 1. The molecule has 0 radical (unpaired) electrons. The second-order valence-corrected chi connectivity index (χ2v) is 9.20. The lowest BCUT2D eigenvalue weighted by molar-refractivity contribution is -0.118. The van der Waals surface area contributed by atoms with Crippen molar-refractivity contribution < 1.29 is 4.79 Å². The molecule has 144 valence electrons. The monoisotopic (exact) mass is 476 g/mol. The number of hydrogen-bond donors (Lipinski definition) is 1. The van der Waals surface area contributed by atoms with Crippen molar-refractivity contribution in [1.29, 1.82) is 0 Å². The molecule has 1 fully saturated rings. The molecule has 4 rings (SSSR count). The van der Waals surface area contributed by atoms with Crippen LogP contribution in [0.3, 0.4) is 0 Å². The van der Waals surface area contributed by atoms with E-state index in [2.05, 4.69) is 43.5 Å². The number of thioether (sulfide) groups is 1. The number of carbonyl (C=O) groups is 1. The first-order valence-electron chi connectivity index (χ1n) is 8.82. The fraction of sp³-hybridized carbons (Fsp3) is 0.278. The van der Waals surface area contributed by atoms with Gasteiger partial charge in [0.15, 0.2) is 5.17 Å². The van der Waals surface area contributed by atoms with Gasteiger partial charge in [0.1, 0.15) is 16.4 Å². The average molecular weight is 477 g/mol. The Morgan fingerprint density at radius 1 is 1.32 bits per heavy atom. The zero-order valence-electron chi connectivity index (χ0n) is 15.2. The quantitative estimate of drug-likeness (QED) is 0.443. The maximum Gasteiger partial charge on any atom is 0.239 e. The van der Waals surface area contributed by atoms with Gasteiger partial charge in [-0.2, -0.15) is 10.2 Å². The van der Waals surface area contributed by atoms with Crippen LogP contribution in [0.5, 0.6) is 0 Å². The number of benzene rings is 1. The number of nitrogens with zero attached hydrogens (tertiary/aromatic N) is 5. The fourth-order valence-electron chi connectivity index (χ4n) is 2.74. The summed E-state index contributed by atoms with van der Waals surface area (Å²) in [6.45, 7) is 4.04. The molecule has 3 aromatic rings. The van der Waals surface area contributed by atoms with Crippen LogP contribution in [-0.2, 0) is 11.2 Å². The maximum atomic E-state index is 11.8. The Hall–Kier alpha value is -2.04. The molecule has 1 N–H and O–H groups in total. The third-order valence-electron chi connectivity index (χ3n) is 4.18. The molecule has 0 saturated carbocycles. The molecule has 1 saturated heterocycles. The molecule has 28 heavy (non-hydrogen) atoms. The summed E-state index contributed by atoms with van der Waals surface area (Å²) >= 11 is 6.43. The van der Waals surface area contributed by atoms with E-state index >= 15 is 0 Å². The maximum absolute atomic E-state index is 11.8. The minimum atomic E-state index is -0.0976. The predicted molar refractivity (Wildman–Crippen MR) is 118 cm³/mol. The Bertz CT molecular complexity index is 1090. The average Bonchev–Trinajstić information content (AvgIpc) is 3.35. The van der Waals surface area contributed by atoms with E-state index in [0.29, 0.717) is 5.17 Å². The number of rotatable bonds is 5. The molecule has 10 heteroatoms. The van der Waals surface area contributed by atoms with Crippen molar-refractivity contribution in [2.75, 3.05) is 0 Å². The number of aromatic nitrogens is 3. The molecular weight excluding hydrogens is 460 g/mol. The topological polar surface area (TPSA) is 84.0 Å². The Balaban J connectivity index is 1.71. The molecule has 7 nitrogen and oxygen atoms in total. The van der Waals surface area contributed by atoms with E-state index in [-0.39, 0.29) is 11.2 Å². The Kier molecular flexibility index (Phi) is 5.61. The molecule has 1 atom stereocenters. The lowest BCUT2D eigenvalue weighted by Crippen LogP contribution is -2.24. The summed E-state index contributed by atoms with van der Waals surface area (Å²) in [6.07, 6.45) is 3.26. The van der Waals surface area contributed by atoms with E-state index in [1.54, 1.807) is 22.1 Å². The summed E-state index contributed by atoms with van der Waals surface area (Å²) in [4.78, 5) is 17.4. The molecule has 0 bridgehead atoms. The number of amides is 1. The van der Waals surface area contributed by atoms with E-state index in [1.807, 2.05) is 31.2 Å². The van der Waals surface area contributed by atoms with Gasteiger partial charge in [-0.1, -0.05) is 65.0 Å². The highest BCUT2D eigenvalue weighted by atomic mass is 79.9. The van der Waals surface area contributed by atoms with E-state index in [4.69, 9.17) is 4.98 Å². The van der Waals surface area contributed by atoms with Crippen LogP contribution in [-0.4, -0.2) is 37.1 Å². The summed E-state index contributed by atoms with van der Waals surface area (Å²) in [5, 5.41) is 17.2. The molecule has 3 heterocycles. The number of aryl methyl sites for hydroxylation is 1. The van der Waals surface area contributed by atoms with Crippen molar-refractivity contribution in [3.8, 4) is 11.3 Å². The smallest absolute Gasteiger partial charge is 0.239 e. The summed E-state index contributed by atoms with van der Waals surface area (Å²) in [6, 6.07) is 7.95. The van der Waals surface area contributed by atoms with Crippen molar-refractivity contribution in [1.82, 2.24) is 19.9 Å². The van der Waals surface area contributed by atoms with Crippen LogP contribution < -0.4 is 5.32 Å². The number of halogens is 1. The van der Waals surface area contributed by atoms with Crippen LogP contribution in [0.4, 0.5) is 0 Å². The predicted octanol–water partition coefficient (Wildman–Crippen LogP) is 4.11. The molecular formula is C18H17BrN6OS2. The van der Waals surface area contributed by atoms with Gasteiger partial charge in [0, 0.05) is 10.0 Å². The molecule has 1 aliphatic rings. The Morgan fingerprint density at radius 2 is 2.11 bits per heavy atom. The van der Waals surface area contributed by atoms with Gasteiger partial charge in [-0.25, -0.2) is 9.50 Å². The Morgan fingerprint density at radius 3 is 2.79 bits per heavy atom. The van der Waals surface area contributed by atoms with Crippen LogP contribution in [0.2, 0.25) is 0 Å². The van der Waals surface area contributed by atoms with Crippen molar-refractivity contribution in [3.05, 3.63) is 39.4 Å². The van der Waals surface area contributed by atoms with Gasteiger partial charge in [0.2, 0.25) is 10.9 Å². The summed E-state index contributed by atoms with van der Waals surface area (Å²) in [5.74, 6) is -0.0177. The summed E-state index contributed by atoms with van der Waals surface area (Å²) < 4.78 is 2.81. The van der Waals surface area contributed by atoms with Crippen molar-refractivity contribution in [3.63, 3.8) is 0 Å². The van der Waals surface area contributed by atoms with Crippen molar-refractivity contribution in [2.24, 2.45) is 10.2 Å². The highest BCUT2D eigenvalue weighted by Gasteiger charge is 2.28. The first-order chi connectivity index (χ1) is 13.6. The largest absolute Gasteiger partial charge is 0.303 e. The van der Waals surface area contributed by atoms with E-state index < -0.39 is 0 Å². The second kappa shape index (κ2) is 8.14. The third-order valence-corrected chi connectivity index (χ3v) is 7.00.